The number of aromatic nitrogens is 2. The van der Waals surface area contributed by atoms with Crippen molar-refractivity contribution in [2.45, 2.75) is 26.7 Å². The van der Waals surface area contributed by atoms with Crippen molar-refractivity contribution in [3.8, 4) is 0 Å². The number of Topliss-reactive ketones (excluding diaryl/α,β-unsaturated/α-hetero) is 1. The first-order valence-electron chi connectivity index (χ1n) is 8.52. The summed E-state index contributed by atoms with van der Waals surface area (Å²) in [5.41, 5.74) is 1.53. The third-order valence-electron chi connectivity index (χ3n) is 4.37. The number of hydrogen-bond acceptors (Lipinski definition) is 5. The first-order chi connectivity index (χ1) is 12.0. The molecule has 1 unspecified atom stereocenters. The van der Waals surface area contributed by atoms with E-state index < -0.39 is 0 Å². The van der Waals surface area contributed by atoms with E-state index in [1.807, 2.05) is 0 Å². The van der Waals surface area contributed by atoms with Crippen molar-refractivity contribution in [3.63, 3.8) is 0 Å². The molecule has 1 aliphatic rings. The molecule has 1 aliphatic heterocycles. The monoisotopic (exact) mass is 338 g/mol. The van der Waals surface area contributed by atoms with E-state index >= 15 is 0 Å². The summed E-state index contributed by atoms with van der Waals surface area (Å²) in [6.45, 7) is 5.62. The van der Waals surface area contributed by atoms with Crippen molar-refractivity contribution in [2.75, 3.05) is 23.3 Å². The summed E-state index contributed by atoms with van der Waals surface area (Å²) in [5, 5.41) is 2.77. The van der Waals surface area contributed by atoms with Gasteiger partial charge in [-0.05, 0) is 37.8 Å². The molecule has 6 heteroatoms. The molecule has 1 amide bonds. The van der Waals surface area contributed by atoms with Crippen LogP contribution in [-0.4, -0.2) is 34.7 Å². The molecule has 1 aromatic heterocycles. The van der Waals surface area contributed by atoms with Crippen LogP contribution in [0.1, 0.15) is 47.4 Å². The van der Waals surface area contributed by atoms with Crippen molar-refractivity contribution < 1.29 is 9.59 Å². The van der Waals surface area contributed by atoms with Gasteiger partial charge in [-0.3, -0.25) is 9.59 Å². The number of carbonyl (C=O) groups is 2. The van der Waals surface area contributed by atoms with Crippen LogP contribution in [0.5, 0.6) is 0 Å². The van der Waals surface area contributed by atoms with Crippen molar-refractivity contribution >= 4 is 23.3 Å². The van der Waals surface area contributed by atoms with Gasteiger partial charge >= 0.3 is 0 Å². The van der Waals surface area contributed by atoms with Crippen LogP contribution in [0.15, 0.2) is 36.7 Å². The second-order valence-corrected chi connectivity index (χ2v) is 6.56. The summed E-state index contributed by atoms with van der Waals surface area (Å²) in [4.78, 5) is 34.6. The average molecular weight is 338 g/mol. The first-order valence-corrected chi connectivity index (χ1v) is 8.52. The highest BCUT2D eigenvalue weighted by atomic mass is 16.1. The van der Waals surface area contributed by atoms with Crippen molar-refractivity contribution in [2.24, 2.45) is 5.92 Å². The summed E-state index contributed by atoms with van der Waals surface area (Å²) in [5.74, 6) is 0.967. The number of nitrogens with one attached hydrogen (secondary N) is 1. The summed E-state index contributed by atoms with van der Waals surface area (Å²) in [6, 6.07) is 6.86. The van der Waals surface area contributed by atoms with Gasteiger partial charge in [-0.2, -0.15) is 0 Å². The smallest absolute Gasteiger partial charge is 0.258 e. The fourth-order valence-electron chi connectivity index (χ4n) is 2.99. The van der Waals surface area contributed by atoms with Gasteiger partial charge in [0.1, 0.15) is 0 Å². The van der Waals surface area contributed by atoms with E-state index in [0.717, 1.165) is 19.5 Å². The molecular weight excluding hydrogens is 316 g/mol. The van der Waals surface area contributed by atoms with E-state index in [1.165, 1.54) is 13.3 Å². The van der Waals surface area contributed by atoms with Gasteiger partial charge in [0.2, 0.25) is 5.95 Å². The zero-order chi connectivity index (χ0) is 17.8. The van der Waals surface area contributed by atoms with Crippen LogP contribution < -0.4 is 10.2 Å². The van der Waals surface area contributed by atoms with Gasteiger partial charge in [-0.1, -0.05) is 19.1 Å². The Kier molecular flexibility index (Phi) is 5.07. The minimum absolute atomic E-state index is 0.0421. The van der Waals surface area contributed by atoms with Crippen LogP contribution in [0.3, 0.4) is 0 Å². The molecule has 2 heterocycles. The largest absolute Gasteiger partial charge is 0.341 e. The Morgan fingerprint density at radius 1 is 1.20 bits per heavy atom. The van der Waals surface area contributed by atoms with Crippen LogP contribution in [0.25, 0.3) is 0 Å². The Labute approximate surface area is 147 Å². The van der Waals surface area contributed by atoms with E-state index in [1.54, 1.807) is 36.7 Å². The third kappa shape index (κ3) is 4.21. The van der Waals surface area contributed by atoms with E-state index in [2.05, 4.69) is 27.1 Å². The van der Waals surface area contributed by atoms with Crippen LogP contribution in [0, 0.1) is 5.92 Å². The number of hydrogen-bond donors (Lipinski definition) is 1. The molecule has 1 fully saturated rings. The molecule has 1 aromatic carbocycles. The number of carbonyl (C=O) groups excluding carboxylic acids is 2. The lowest BCUT2D eigenvalue weighted by atomic mass is 10.0. The Balaban J connectivity index is 1.68. The highest BCUT2D eigenvalue weighted by Gasteiger charge is 2.19. The maximum atomic E-state index is 12.3. The lowest BCUT2D eigenvalue weighted by molar-refractivity contribution is 0.101. The maximum Gasteiger partial charge on any atom is 0.258 e. The normalized spacial score (nSPS) is 17.2. The molecule has 0 spiro atoms. The van der Waals surface area contributed by atoms with Gasteiger partial charge < -0.3 is 10.2 Å². The highest BCUT2D eigenvalue weighted by Crippen LogP contribution is 2.19. The van der Waals surface area contributed by atoms with Crippen molar-refractivity contribution in [3.05, 3.63) is 47.8 Å². The Morgan fingerprint density at radius 2 is 1.96 bits per heavy atom. The number of benzene rings is 1. The Bertz CT molecular complexity index is 773. The Morgan fingerprint density at radius 3 is 2.64 bits per heavy atom. The summed E-state index contributed by atoms with van der Waals surface area (Å²) in [6.07, 6.45) is 5.47. The van der Waals surface area contributed by atoms with Gasteiger partial charge in [-0.15, -0.1) is 0 Å². The fraction of sp³-hybridized carbons (Fsp3) is 0.368. The number of amides is 1. The molecule has 0 bridgehead atoms. The predicted octanol–water partition coefficient (Wildman–Crippen LogP) is 3.17. The average Bonchev–Trinajstić information content (AvgIpc) is 2.62. The summed E-state index contributed by atoms with van der Waals surface area (Å²) in [7, 11) is 0. The number of rotatable bonds is 4. The summed E-state index contributed by atoms with van der Waals surface area (Å²) < 4.78 is 0. The quantitative estimate of drug-likeness (QED) is 0.867. The number of nitrogens with zero attached hydrogens (tertiary/aromatic N) is 3. The maximum absolute atomic E-state index is 12.3. The molecule has 1 N–H and O–H groups in total. The lowest BCUT2D eigenvalue weighted by Crippen LogP contribution is -2.35. The zero-order valence-corrected chi connectivity index (χ0v) is 14.5. The fourth-order valence-corrected chi connectivity index (χ4v) is 2.99. The molecule has 1 atom stereocenters. The molecule has 0 saturated carbocycles. The van der Waals surface area contributed by atoms with E-state index in [0.29, 0.717) is 28.7 Å². The van der Waals surface area contributed by atoms with Gasteiger partial charge in [-0.25, -0.2) is 9.97 Å². The lowest BCUT2D eigenvalue weighted by Gasteiger charge is -2.30. The molecular formula is C19H22N4O2. The molecule has 6 nitrogen and oxygen atoms in total. The topological polar surface area (TPSA) is 75.2 Å². The van der Waals surface area contributed by atoms with Gasteiger partial charge in [0.25, 0.3) is 5.91 Å². The molecule has 2 aromatic rings. The van der Waals surface area contributed by atoms with E-state index in [9.17, 15) is 9.59 Å². The number of piperidine rings is 1. The Hall–Kier alpha value is -2.76. The van der Waals surface area contributed by atoms with Gasteiger partial charge in [0.15, 0.2) is 5.78 Å². The SMILES string of the molecule is CC(=O)c1cccc(NC(=O)c2cnc(N3CCCC(C)C3)nc2)c1. The van der Waals surface area contributed by atoms with Crippen LogP contribution in [0.2, 0.25) is 0 Å². The van der Waals surface area contributed by atoms with E-state index in [4.69, 9.17) is 0 Å². The predicted molar refractivity (Wildman–Crippen MR) is 97.0 cm³/mol. The number of ketones is 1. The number of anilines is 2. The highest BCUT2D eigenvalue weighted by molar-refractivity contribution is 6.04. The minimum atomic E-state index is -0.292. The molecule has 130 valence electrons. The molecule has 3 rings (SSSR count). The van der Waals surface area contributed by atoms with Gasteiger partial charge in [0.05, 0.1) is 5.56 Å². The molecule has 0 aliphatic carbocycles. The van der Waals surface area contributed by atoms with Crippen molar-refractivity contribution in [1.82, 2.24) is 9.97 Å². The first kappa shape index (κ1) is 17.1. The zero-order valence-electron chi connectivity index (χ0n) is 14.5. The van der Waals surface area contributed by atoms with Crippen molar-refractivity contribution in [1.29, 1.82) is 0 Å². The molecule has 25 heavy (non-hydrogen) atoms. The third-order valence-corrected chi connectivity index (χ3v) is 4.37. The second-order valence-electron chi connectivity index (χ2n) is 6.56. The van der Waals surface area contributed by atoms with Crippen LogP contribution in [-0.2, 0) is 0 Å². The van der Waals surface area contributed by atoms with E-state index in [-0.39, 0.29) is 11.7 Å². The van der Waals surface area contributed by atoms with Crippen LogP contribution in [0.4, 0.5) is 11.6 Å². The van der Waals surface area contributed by atoms with Crippen LogP contribution >= 0.6 is 0 Å². The minimum Gasteiger partial charge on any atom is -0.341 e. The second kappa shape index (κ2) is 7.42. The standard InChI is InChI=1S/C19H22N4O2/c1-13-5-4-8-23(12-13)19-20-10-16(11-21-19)18(25)22-17-7-3-6-15(9-17)14(2)24/h3,6-7,9-11,13H,4-5,8,12H2,1-2H3,(H,22,25). The molecule has 1 saturated heterocycles. The van der Waals surface area contributed by atoms with Gasteiger partial charge in [0, 0.05) is 36.7 Å². The molecule has 0 radical (unpaired) electrons. The summed E-state index contributed by atoms with van der Waals surface area (Å²) >= 11 is 0.